The number of nitrogens with two attached hydrogens (primary N) is 1. The van der Waals surface area contributed by atoms with E-state index in [-0.39, 0.29) is 6.04 Å². The molecule has 0 saturated carbocycles. The Bertz CT molecular complexity index is 385. The standard InChI is InChI=1S/C15H24N2S/c1-3-11(2)9-13(17-16)15-10-12-7-5-4-6-8-14(12)18-15/h10,13,17H,2-9,16H2,1H3. The number of fused-ring (bicyclic) bond motifs is 1. The summed E-state index contributed by atoms with van der Waals surface area (Å²) in [6.07, 6.45) is 8.54. The van der Waals surface area contributed by atoms with Crippen molar-refractivity contribution in [3.05, 3.63) is 33.5 Å². The fraction of sp³-hybridized carbons (Fsp3) is 0.600. The summed E-state index contributed by atoms with van der Waals surface area (Å²) in [7, 11) is 0. The molecule has 2 nitrogen and oxygen atoms in total. The lowest BCUT2D eigenvalue weighted by atomic mass is 10.0. The van der Waals surface area contributed by atoms with E-state index in [1.807, 2.05) is 11.3 Å². The third kappa shape index (κ3) is 3.22. The molecule has 2 rings (SSSR count). The highest BCUT2D eigenvalue weighted by molar-refractivity contribution is 7.12. The van der Waals surface area contributed by atoms with Gasteiger partial charge in [0, 0.05) is 9.75 Å². The van der Waals surface area contributed by atoms with Gasteiger partial charge in [-0.1, -0.05) is 25.5 Å². The van der Waals surface area contributed by atoms with Gasteiger partial charge in [0.2, 0.25) is 0 Å². The van der Waals surface area contributed by atoms with Crippen molar-refractivity contribution in [2.24, 2.45) is 5.84 Å². The van der Waals surface area contributed by atoms with Crippen LogP contribution in [0, 0.1) is 0 Å². The Labute approximate surface area is 114 Å². The van der Waals surface area contributed by atoms with Crippen molar-refractivity contribution >= 4 is 11.3 Å². The molecule has 0 bridgehead atoms. The van der Waals surface area contributed by atoms with Crippen molar-refractivity contribution in [2.75, 3.05) is 0 Å². The Hall–Kier alpha value is -0.640. The Morgan fingerprint density at radius 3 is 2.94 bits per heavy atom. The summed E-state index contributed by atoms with van der Waals surface area (Å²) < 4.78 is 0. The molecule has 0 radical (unpaired) electrons. The van der Waals surface area contributed by atoms with Crippen LogP contribution in [0.4, 0.5) is 0 Å². The molecular weight excluding hydrogens is 240 g/mol. The maximum absolute atomic E-state index is 5.71. The molecule has 1 aliphatic carbocycles. The number of hydrogen-bond acceptors (Lipinski definition) is 3. The Morgan fingerprint density at radius 2 is 2.22 bits per heavy atom. The van der Waals surface area contributed by atoms with Crippen LogP contribution in [0.1, 0.15) is 60.4 Å². The van der Waals surface area contributed by atoms with Crippen molar-refractivity contribution < 1.29 is 0 Å². The normalized spacial score (nSPS) is 17.0. The van der Waals surface area contributed by atoms with Gasteiger partial charge in [0.05, 0.1) is 6.04 Å². The van der Waals surface area contributed by atoms with E-state index >= 15 is 0 Å². The maximum atomic E-state index is 5.71. The molecule has 1 heterocycles. The molecule has 0 aromatic carbocycles. The molecule has 1 unspecified atom stereocenters. The van der Waals surface area contributed by atoms with Gasteiger partial charge in [-0.05, 0) is 50.2 Å². The quantitative estimate of drug-likeness (QED) is 0.366. The van der Waals surface area contributed by atoms with Crippen LogP contribution in [0.25, 0.3) is 0 Å². The number of rotatable bonds is 5. The third-order valence-corrected chi connectivity index (χ3v) is 5.15. The van der Waals surface area contributed by atoms with E-state index in [0.29, 0.717) is 0 Å². The average Bonchev–Trinajstić information content (AvgIpc) is 2.66. The van der Waals surface area contributed by atoms with Crippen LogP contribution in [0.5, 0.6) is 0 Å². The first kappa shape index (κ1) is 13.8. The molecule has 18 heavy (non-hydrogen) atoms. The van der Waals surface area contributed by atoms with E-state index in [2.05, 4.69) is 25.0 Å². The number of thiophene rings is 1. The van der Waals surface area contributed by atoms with Gasteiger partial charge in [-0.15, -0.1) is 11.3 Å². The van der Waals surface area contributed by atoms with E-state index < -0.39 is 0 Å². The van der Waals surface area contributed by atoms with Crippen molar-refractivity contribution in [1.29, 1.82) is 0 Å². The van der Waals surface area contributed by atoms with E-state index in [9.17, 15) is 0 Å². The Morgan fingerprint density at radius 1 is 1.44 bits per heavy atom. The zero-order valence-corrected chi connectivity index (χ0v) is 12.1. The van der Waals surface area contributed by atoms with E-state index in [1.165, 1.54) is 42.6 Å². The van der Waals surface area contributed by atoms with Crippen molar-refractivity contribution in [1.82, 2.24) is 5.43 Å². The van der Waals surface area contributed by atoms with Gasteiger partial charge in [-0.25, -0.2) is 0 Å². The summed E-state index contributed by atoms with van der Waals surface area (Å²) in [5.74, 6) is 5.71. The second kappa shape index (κ2) is 6.50. The molecule has 3 N–H and O–H groups in total. The fourth-order valence-corrected chi connectivity index (χ4v) is 3.85. The highest BCUT2D eigenvalue weighted by Gasteiger charge is 2.18. The topological polar surface area (TPSA) is 38.0 Å². The number of hydrazine groups is 1. The van der Waals surface area contributed by atoms with E-state index in [4.69, 9.17) is 5.84 Å². The fourth-order valence-electron chi connectivity index (χ4n) is 2.54. The van der Waals surface area contributed by atoms with Crippen LogP contribution >= 0.6 is 11.3 Å². The number of nitrogens with one attached hydrogen (secondary N) is 1. The van der Waals surface area contributed by atoms with Crippen LogP contribution < -0.4 is 11.3 Å². The summed E-state index contributed by atoms with van der Waals surface area (Å²) in [5.41, 5.74) is 5.79. The smallest absolute Gasteiger partial charge is 0.0590 e. The van der Waals surface area contributed by atoms with Gasteiger partial charge in [0.15, 0.2) is 0 Å². The first-order valence-corrected chi connectivity index (χ1v) is 7.80. The first-order valence-electron chi connectivity index (χ1n) is 6.98. The van der Waals surface area contributed by atoms with Crippen LogP contribution in [0.15, 0.2) is 18.2 Å². The SMILES string of the molecule is C=C(CC)CC(NN)c1cc2c(s1)CCCCC2. The van der Waals surface area contributed by atoms with Crippen molar-refractivity contribution in [2.45, 2.75) is 57.9 Å². The lowest BCUT2D eigenvalue weighted by Gasteiger charge is -2.15. The summed E-state index contributed by atoms with van der Waals surface area (Å²) in [5, 5.41) is 0. The molecule has 0 saturated heterocycles. The molecule has 1 aromatic rings. The molecule has 1 aliphatic rings. The number of aryl methyl sites for hydroxylation is 2. The second-order valence-electron chi connectivity index (χ2n) is 5.18. The molecule has 0 fully saturated rings. The molecule has 0 aliphatic heterocycles. The summed E-state index contributed by atoms with van der Waals surface area (Å²) in [4.78, 5) is 2.98. The van der Waals surface area contributed by atoms with E-state index in [1.54, 1.807) is 10.4 Å². The van der Waals surface area contributed by atoms with Gasteiger partial charge in [-0.2, -0.15) is 0 Å². The van der Waals surface area contributed by atoms with Gasteiger partial charge >= 0.3 is 0 Å². The lowest BCUT2D eigenvalue weighted by molar-refractivity contribution is 0.553. The molecule has 0 spiro atoms. The minimum absolute atomic E-state index is 0.245. The molecule has 3 heteroatoms. The van der Waals surface area contributed by atoms with Gasteiger partial charge in [0.1, 0.15) is 0 Å². The van der Waals surface area contributed by atoms with Gasteiger partial charge < -0.3 is 0 Å². The third-order valence-electron chi connectivity index (χ3n) is 3.80. The van der Waals surface area contributed by atoms with Crippen molar-refractivity contribution in [3.8, 4) is 0 Å². The Kier molecular flexibility index (Phi) is 4.98. The monoisotopic (exact) mass is 264 g/mol. The molecule has 0 amide bonds. The maximum Gasteiger partial charge on any atom is 0.0590 e. The highest BCUT2D eigenvalue weighted by atomic mass is 32.1. The summed E-state index contributed by atoms with van der Waals surface area (Å²) >= 11 is 1.95. The largest absolute Gasteiger partial charge is 0.271 e. The van der Waals surface area contributed by atoms with Gasteiger partial charge in [-0.3, -0.25) is 11.3 Å². The molecular formula is C15H24N2S. The van der Waals surface area contributed by atoms with Crippen LogP contribution in [-0.4, -0.2) is 0 Å². The van der Waals surface area contributed by atoms with Crippen molar-refractivity contribution in [3.63, 3.8) is 0 Å². The average molecular weight is 264 g/mol. The summed E-state index contributed by atoms with van der Waals surface area (Å²) in [6, 6.07) is 2.62. The minimum atomic E-state index is 0.245. The Balaban J connectivity index is 2.13. The zero-order valence-electron chi connectivity index (χ0n) is 11.3. The predicted octanol–water partition coefficient (Wildman–Crippen LogP) is 3.88. The lowest BCUT2D eigenvalue weighted by Crippen LogP contribution is -2.27. The van der Waals surface area contributed by atoms with Crippen LogP contribution in [0.3, 0.4) is 0 Å². The van der Waals surface area contributed by atoms with E-state index in [0.717, 1.165) is 12.8 Å². The van der Waals surface area contributed by atoms with Crippen LogP contribution in [-0.2, 0) is 12.8 Å². The highest BCUT2D eigenvalue weighted by Crippen LogP contribution is 2.34. The minimum Gasteiger partial charge on any atom is -0.271 e. The predicted molar refractivity (Wildman–Crippen MR) is 79.7 cm³/mol. The first-order chi connectivity index (χ1) is 8.74. The summed E-state index contributed by atoms with van der Waals surface area (Å²) in [6.45, 7) is 6.24. The van der Waals surface area contributed by atoms with Crippen LogP contribution in [0.2, 0.25) is 0 Å². The second-order valence-corrected chi connectivity index (χ2v) is 6.35. The molecule has 1 atom stereocenters. The zero-order chi connectivity index (χ0) is 13.0. The number of hydrogen-bond donors (Lipinski definition) is 2. The molecule has 100 valence electrons. The van der Waals surface area contributed by atoms with Gasteiger partial charge in [0.25, 0.3) is 0 Å². The molecule has 1 aromatic heterocycles.